The fourth-order valence-electron chi connectivity index (χ4n) is 6.74. The molecule has 2 aromatic rings. The molecular weight excluding hydrogens is 473 g/mol. The number of alkyl halides is 3. The maximum absolute atomic E-state index is 12.8. The molecule has 0 radical (unpaired) electrons. The van der Waals surface area contributed by atoms with E-state index in [9.17, 15) is 13.2 Å². The number of hydrogen-bond donors (Lipinski definition) is 1. The lowest BCUT2D eigenvalue weighted by atomic mass is 9.88. The van der Waals surface area contributed by atoms with Gasteiger partial charge in [-0.05, 0) is 57.7 Å². The maximum Gasteiger partial charge on any atom is 0.573 e. The van der Waals surface area contributed by atoms with Gasteiger partial charge in [-0.15, -0.1) is 13.2 Å². The second kappa shape index (κ2) is 8.32. The highest BCUT2D eigenvalue weighted by atomic mass is 19.4. The molecule has 2 aliphatic carbocycles. The molecule has 4 fully saturated rings. The number of nitrogen functional groups attached to an aromatic ring is 1. The monoisotopic (exact) mass is 506 g/mol. The van der Waals surface area contributed by atoms with Crippen LogP contribution in [0.25, 0.3) is 11.3 Å². The van der Waals surface area contributed by atoms with Crippen molar-refractivity contribution >= 4 is 5.82 Å². The second-order valence-corrected chi connectivity index (χ2v) is 11.3. The summed E-state index contributed by atoms with van der Waals surface area (Å²) in [7, 11) is 2.17. The van der Waals surface area contributed by atoms with Gasteiger partial charge in [0.05, 0.1) is 12.3 Å². The van der Waals surface area contributed by atoms with Gasteiger partial charge in [-0.25, -0.2) is 4.98 Å². The molecule has 36 heavy (non-hydrogen) atoms. The first kappa shape index (κ1) is 24.0. The van der Waals surface area contributed by atoms with Crippen molar-refractivity contribution in [1.29, 1.82) is 0 Å². The highest BCUT2D eigenvalue weighted by molar-refractivity contribution is 5.64. The van der Waals surface area contributed by atoms with Gasteiger partial charge in [-0.3, -0.25) is 9.58 Å². The number of fused-ring (bicyclic) bond motifs is 1. The fraction of sp³-hybridized carbons (Fsp3) is 0.680. The predicted octanol–water partition coefficient (Wildman–Crippen LogP) is 3.52. The molecule has 1 spiro atoms. The molecule has 0 unspecified atom stereocenters. The predicted molar refractivity (Wildman–Crippen MR) is 127 cm³/mol. The van der Waals surface area contributed by atoms with Crippen LogP contribution in [-0.4, -0.2) is 82.4 Å². The Morgan fingerprint density at radius 1 is 1.17 bits per heavy atom. The average molecular weight is 507 g/mol. The lowest BCUT2D eigenvalue weighted by Gasteiger charge is -2.55. The third-order valence-electron chi connectivity index (χ3n) is 8.36. The summed E-state index contributed by atoms with van der Waals surface area (Å²) in [6.45, 7) is 9.02. The smallest absolute Gasteiger partial charge is 0.402 e. The van der Waals surface area contributed by atoms with Crippen molar-refractivity contribution in [3.63, 3.8) is 0 Å². The molecule has 8 nitrogen and oxygen atoms in total. The van der Waals surface area contributed by atoms with E-state index in [1.54, 1.807) is 0 Å². The van der Waals surface area contributed by atoms with Crippen LogP contribution in [0.4, 0.5) is 19.0 Å². The van der Waals surface area contributed by atoms with Crippen LogP contribution in [0.3, 0.4) is 0 Å². The fourth-order valence-corrected chi connectivity index (χ4v) is 6.74. The van der Waals surface area contributed by atoms with Gasteiger partial charge in [0, 0.05) is 61.6 Å². The van der Waals surface area contributed by atoms with Crippen molar-refractivity contribution in [2.45, 2.75) is 56.7 Å². The van der Waals surface area contributed by atoms with Crippen molar-refractivity contribution in [2.75, 3.05) is 45.6 Å². The third kappa shape index (κ3) is 4.24. The molecule has 6 rings (SSSR count). The minimum absolute atomic E-state index is 0.0200. The summed E-state index contributed by atoms with van der Waals surface area (Å²) in [5.74, 6) is 0.868. The Kier molecular flexibility index (Phi) is 5.55. The first-order valence-corrected chi connectivity index (χ1v) is 12.7. The Hall–Kier alpha value is -2.37. The standard InChI is InChI=1S/C25H33F3N6O2/c1-14(2)34-20(9-19(31-34)15-6-21(23(29)30-10-15)36-25(26,27)28)22-17-7-16(8-18(17)22)33-12-24(13-33)11-32(3)4-5-35-24/h6,9-10,14,16-18,22H,4-5,7-8,11-13H2,1-3H3,(H2,29,30)/t16-,17+,18-,22-. The number of ether oxygens (including phenoxy) is 2. The van der Waals surface area contributed by atoms with E-state index in [-0.39, 0.29) is 17.5 Å². The first-order chi connectivity index (χ1) is 17.0. The Morgan fingerprint density at radius 3 is 2.53 bits per heavy atom. The Labute approximate surface area is 208 Å². The third-order valence-corrected chi connectivity index (χ3v) is 8.36. The van der Waals surface area contributed by atoms with Crippen molar-refractivity contribution in [2.24, 2.45) is 11.8 Å². The van der Waals surface area contributed by atoms with Crippen LogP contribution in [-0.2, 0) is 4.74 Å². The number of rotatable bonds is 5. The van der Waals surface area contributed by atoms with Crippen LogP contribution >= 0.6 is 0 Å². The zero-order valence-electron chi connectivity index (χ0n) is 20.8. The van der Waals surface area contributed by atoms with E-state index in [4.69, 9.17) is 15.6 Å². The number of likely N-dealkylation sites (N-methyl/N-ethyl adjacent to an activating group) is 1. The lowest BCUT2D eigenvalue weighted by molar-refractivity contribution is -0.274. The molecule has 196 valence electrons. The van der Waals surface area contributed by atoms with Crippen LogP contribution in [0.15, 0.2) is 18.3 Å². The molecule has 0 aromatic carbocycles. The number of nitrogens with zero attached hydrogens (tertiary/aromatic N) is 5. The van der Waals surface area contributed by atoms with Gasteiger partial charge in [-0.1, -0.05) is 0 Å². The van der Waals surface area contributed by atoms with Gasteiger partial charge in [0.15, 0.2) is 11.6 Å². The van der Waals surface area contributed by atoms with E-state index in [1.165, 1.54) is 25.1 Å². The van der Waals surface area contributed by atoms with E-state index in [0.29, 0.717) is 35.1 Å². The lowest BCUT2D eigenvalue weighted by Crippen LogP contribution is -2.71. The van der Waals surface area contributed by atoms with Gasteiger partial charge in [0.2, 0.25) is 0 Å². The van der Waals surface area contributed by atoms with E-state index >= 15 is 0 Å². The highest BCUT2D eigenvalue weighted by Gasteiger charge is 2.61. The molecule has 0 amide bonds. The summed E-state index contributed by atoms with van der Waals surface area (Å²) in [4.78, 5) is 8.87. The molecule has 4 aliphatic rings. The topological polar surface area (TPSA) is 81.7 Å². The van der Waals surface area contributed by atoms with E-state index < -0.39 is 12.1 Å². The first-order valence-electron chi connectivity index (χ1n) is 12.7. The molecular formula is C25H33F3N6O2. The van der Waals surface area contributed by atoms with Crippen LogP contribution in [0.1, 0.15) is 44.3 Å². The molecule has 2 N–H and O–H groups in total. The molecule has 2 saturated carbocycles. The number of halogens is 3. The van der Waals surface area contributed by atoms with Crippen LogP contribution in [0, 0.1) is 11.8 Å². The maximum atomic E-state index is 12.8. The quantitative estimate of drug-likeness (QED) is 0.665. The molecule has 4 heterocycles. The number of morpholine rings is 1. The largest absolute Gasteiger partial charge is 0.573 e. The van der Waals surface area contributed by atoms with Crippen LogP contribution in [0.5, 0.6) is 5.75 Å². The summed E-state index contributed by atoms with van der Waals surface area (Å²) in [5.41, 5.74) is 7.82. The SMILES string of the molecule is CC(C)n1nc(-c2cnc(N)c(OC(F)(F)F)c2)cc1[C@H]1[C@@H]2C[C@H](N3CC4(CN(C)CCO4)C3)C[C@@H]21. The Morgan fingerprint density at radius 2 is 1.89 bits per heavy atom. The van der Waals surface area contributed by atoms with Crippen molar-refractivity contribution in [1.82, 2.24) is 24.6 Å². The van der Waals surface area contributed by atoms with Gasteiger partial charge >= 0.3 is 6.36 Å². The molecule has 2 saturated heterocycles. The van der Waals surface area contributed by atoms with Gasteiger partial charge in [0.25, 0.3) is 0 Å². The minimum Gasteiger partial charge on any atom is -0.402 e. The summed E-state index contributed by atoms with van der Waals surface area (Å²) in [6.07, 6.45) is -1.04. The summed E-state index contributed by atoms with van der Waals surface area (Å²) >= 11 is 0. The zero-order chi connectivity index (χ0) is 25.4. The van der Waals surface area contributed by atoms with Crippen molar-refractivity contribution in [3.05, 3.63) is 24.0 Å². The molecule has 0 bridgehead atoms. The summed E-state index contributed by atoms with van der Waals surface area (Å²) in [6, 6.07) is 4.01. The number of likely N-dealkylation sites (tertiary alicyclic amines) is 1. The molecule has 2 aromatic heterocycles. The van der Waals surface area contributed by atoms with Gasteiger partial charge in [-0.2, -0.15) is 5.10 Å². The Balaban J connectivity index is 1.15. The van der Waals surface area contributed by atoms with Crippen molar-refractivity contribution in [3.8, 4) is 17.0 Å². The number of aromatic nitrogens is 3. The zero-order valence-corrected chi connectivity index (χ0v) is 20.8. The van der Waals surface area contributed by atoms with E-state index in [2.05, 4.69) is 40.4 Å². The average Bonchev–Trinajstić information content (AvgIpc) is 3.12. The molecule has 4 atom stereocenters. The molecule has 2 aliphatic heterocycles. The van der Waals surface area contributed by atoms with E-state index in [0.717, 1.165) is 38.5 Å². The number of anilines is 1. The van der Waals surface area contributed by atoms with Gasteiger partial charge in [0.1, 0.15) is 5.60 Å². The highest BCUT2D eigenvalue weighted by Crippen LogP contribution is 2.64. The minimum atomic E-state index is -4.84. The second-order valence-electron chi connectivity index (χ2n) is 11.3. The summed E-state index contributed by atoms with van der Waals surface area (Å²) < 4.78 is 50.5. The van der Waals surface area contributed by atoms with Gasteiger partial charge < -0.3 is 20.1 Å². The van der Waals surface area contributed by atoms with Crippen molar-refractivity contribution < 1.29 is 22.6 Å². The van der Waals surface area contributed by atoms with Crippen LogP contribution in [0.2, 0.25) is 0 Å². The number of pyridine rings is 1. The van der Waals surface area contributed by atoms with Crippen LogP contribution < -0.4 is 10.5 Å². The Bertz CT molecular complexity index is 1130. The molecule has 11 heteroatoms. The summed E-state index contributed by atoms with van der Waals surface area (Å²) in [5, 5.41) is 4.75. The van der Waals surface area contributed by atoms with E-state index in [1.807, 2.05) is 10.7 Å². The number of nitrogens with two attached hydrogens (primary N) is 1. The normalized spacial score (nSPS) is 30.0. The number of hydrogen-bond acceptors (Lipinski definition) is 7.